The summed E-state index contributed by atoms with van der Waals surface area (Å²) in [6.45, 7) is 0.208. The van der Waals surface area contributed by atoms with Crippen molar-refractivity contribution in [2.24, 2.45) is 0 Å². The molecular weight excluding hydrogens is 327 g/mol. The molecule has 1 aromatic rings. The number of hydrogen-bond acceptors (Lipinski definition) is 5. The molecule has 0 aliphatic heterocycles. The third kappa shape index (κ3) is 6.68. The first-order chi connectivity index (χ1) is 9.72. The topological polar surface area (TPSA) is 55.4 Å². The van der Waals surface area contributed by atoms with Gasteiger partial charge in [-0.2, -0.15) is 34.2 Å². The number of hydrogen-bond donors (Lipinski definition) is 2. The van der Waals surface area contributed by atoms with E-state index in [1.54, 1.807) is 0 Å². The molecular formula is C12H16F3NO3S2. The van der Waals surface area contributed by atoms with Crippen molar-refractivity contribution in [3.8, 4) is 0 Å². The first kappa shape index (κ1) is 18.3. The zero-order chi connectivity index (χ0) is 15.9. The van der Waals surface area contributed by atoms with Gasteiger partial charge in [-0.05, 0) is 18.5 Å². The van der Waals surface area contributed by atoms with Crippen molar-refractivity contribution in [1.29, 1.82) is 0 Å². The molecule has 1 rings (SSSR count). The van der Waals surface area contributed by atoms with Gasteiger partial charge < -0.3 is 5.32 Å². The molecule has 0 bridgehead atoms. The van der Waals surface area contributed by atoms with Crippen molar-refractivity contribution in [1.82, 2.24) is 5.32 Å². The molecule has 0 aliphatic carbocycles. The fourth-order valence-corrected chi connectivity index (χ4v) is 2.22. The van der Waals surface area contributed by atoms with E-state index in [9.17, 15) is 21.6 Å². The minimum atomic E-state index is -5.54. The molecule has 0 saturated heterocycles. The number of alkyl halides is 3. The molecule has 1 aromatic carbocycles. The Balaban J connectivity index is 2.22. The monoisotopic (exact) mass is 343 g/mol. The predicted molar refractivity (Wildman–Crippen MR) is 76.7 cm³/mol. The quantitative estimate of drug-likeness (QED) is 0.328. The summed E-state index contributed by atoms with van der Waals surface area (Å²) in [5.74, 6) is 0. The van der Waals surface area contributed by atoms with Gasteiger partial charge in [0.1, 0.15) is 0 Å². The first-order valence-electron chi connectivity index (χ1n) is 6.11. The van der Waals surface area contributed by atoms with Gasteiger partial charge in [0, 0.05) is 11.8 Å². The van der Waals surface area contributed by atoms with Crippen molar-refractivity contribution < 1.29 is 25.8 Å². The molecule has 0 spiro atoms. The van der Waals surface area contributed by atoms with Crippen molar-refractivity contribution in [2.45, 2.75) is 17.2 Å². The Morgan fingerprint density at radius 2 is 1.86 bits per heavy atom. The Morgan fingerprint density at radius 3 is 2.43 bits per heavy atom. The van der Waals surface area contributed by atoms with E-state index in [2.05, 4.69) is 22.1 Å². The maximum Gasteiger partial charge on any atom is 0.523 e. The number of rotatable bonds is 8. The Bertz CT molecular complexity index is 520. The second-order valence-corrected chi connectivity index (χ2v) is 6.62. The lowest BCUT2D eigenvalue weighted by atomic mass is 10.1. The van der Waals surface area contributed by atoms with E-state index in [0.29, 0.717) is 6.54 Å². The van der Waals surface area contributed by atoms with Crippen molar-refractivity contribution in [3.05, 3.63) is 35.9 Å². The number of thiol groups is 1. The van der Waals surface area contributed by atoms with Crippen LogP contribution in [0.3, 0.4) is 0 Å². The lowest BCUT2D eigenvalue weighted by Crippen LogP contribution is -2.32. The lowest BCUT2D eigenvalue weighted by molar-refractivity contribution is -0.0541. The Kier molecular flexibility index (Phi) is 6.98. The number of halogens is 3. The average Bonchev–Trinajstić information content (AvgIpc) is 2.41. The number of benzene rings is 1. The van der Waals surface area contributed by atoms with E-state index in [4.69, 9.17) is 0 Å². The average molecular weight is 343 g/mol. The van der Waals surface area contributed by atoms with Crippen LogP contribution in [0.5, 0.6) is 0 Å². The van der Waals surface area contributed by atoms with Gasteiger partial charge in [-0.15, -0.1) is 0 Å². The van der Waals surface area contributed by atoms with Crippen LogP contribution in [0.15, 0.2) is 30.3 Å². The molecule has 1 atom stereocenters. The summed E-state index contributed by atoms with van der Waals surface area (Å²) in [5, 5.41) is 2.32. The third-order valence-electron chi connectivity index (χ3n) is 2.51. The van der Waals surface area contributed by atoms with Gasteiger partial charge in [-0.1, -0.05) is 30.3 Å². The fourth-order valence-electron chi connectivity index (χ4n) is 1.44. The molecule has 0 aliphatic rings. The molecule has 4 nitrogen and oxygen atoms in total. The van der Waals surface area contributed by atoms with Gasteiger partial charge in [0.25, 0.3) is 0 Å². The smallest absolute Gasteiger partial charge is 0.315 e. The molecule has 0 saturated carbocycles. The second-order valence-electron chi connectivity index (χ2n) is 4.28. The largest absolute Gasteiger partial charge is 0.523 e. The summed E-state index contributed by atoms with van der Waals surface area (Å²) in [6.07, 6.45) is 0.753. The molecule has 0 fully saturated rings. The molecule has 0 aromatic heterocycles. The van der Waals surface area contributed by atoms with Crippen LogP contribution in [-0.4, -0.2) is 38.9 Å². The van der Waals surface area contributed by atoms with Crippen LogP contribution in [0, 0.1) is 0 Å². The summed E-state index contributed by atoms with van der Waals surface area (Å²) in [7, 11) is -5.54. The molecule has 9 heteroatoms. The minimum absolute atomic E-state index is 0.239. The summed E-state index contributed by atoms with van der Waals surface area (Å²) < 4.78 is 61.3. The highest BCUT2D eigenvalue weighted by Gasteiger charge is 2.47. The van der Waals surface area contributed by atoms with Crippen LogP contribution in [-0.2, 0) is 20.7 Å². The van der Waals surface area contributed by atoms with E-state index >= 15 is 0 Å². The summed E-state index contributed by atoms with van der Waals surface area (Å²) in [6, 6.07) is 9.63. The van der Waals surface area contributed by atoms with Gasteiger partial charge >= 0.3 is 15.6 Å². The summed E-state index contributed by atoms with van der Waals surface area (Å²) >= 11 is 3.98. The standard InChI is InChI=1S/C12H16F3NO3S2/c13-12(14,15)21(17,18)19-9-11(20)8-16-7-6-10-4-2-1-3-5-10/h1-5,11,16,20H,6-9H2/t11-/m0/s1. The van der Waals surface area contributed by atoms with Crippen molar-refractivity contribution in [2.75, 3.05) is 19.7 Å². The van der Waals surface area contributed by atoms with Gasteiger partial charge in [0.05, 0.1) is 6.61 Å². The molecule has 0 unspecified atom stereocenters. The van der Waals surface area contributed by atoms with Crippen LogP contribution >= 0.6 is 12.6 Å². The lowest BCUT2D eigenvalue weighted by Gasteiger charge is -2.13. The zero-order valence-corrected chi connectivity index (χ0v) is 12.7. The van der Waals surface area contributed by atoms with Crippen molar-refractivity contribution in [3.63, 3.8) is 0 Å². The second kappa shape index (κ2) is 8.02. The number of nitrogens with one attached hydrogen (secondary N) is 1. The molecule has 0 amide bonds. The minimum Gasteiger partial charge on any atom is -0.315 e. The van der Waals surface area contributed by atoms with Gasteiger partial charge in [-0.3, -0.25) is 4.18 Å². The van der Waals surface area contributed by atoms with E-state index in [1.807, 2.05) is 30.3 Å². The van der Waals surface area contributed by atoms with E-state index in [-0.39, 0.29) is 6.54 Å². The van der Waals surface area contributed by atoms with Gasteiger partial charge in [-0.25, -0.2) is 0 Å². The van der Waals surface area contributed by atoms with Crippen molar-refractivity contribution >= 4 is 22.7 Å². The zero-order valence-electron chi connectivity index (χ0n) is 11.0. The summed E-state index contributed by atoms with van der Waals surface area (Å²) in [4.78, 5) is 0. The normalized spacial score (nSPS) is 14.1. The fraction of sp³-hybridized carbons (Fsp3) is 0.500. The van der Waals surface area contributed by atoms with Crippen LogP contribution in [0.25, 0.3) is 0 Å². The van der Waals surface area contributed by atoms with Crippen LogP contribution in [0.2, 0.25) is 0 Å². The van der Waals surface area contributed by atoms with E-state index in [0.717, 1.165) is 12.0 Å². The molecule has 0 heterocycles. The molecule has 0 radical (unpaired) electrons. The van der Waals surface area contributed by atoms with E-state index in [1.165, 1.54) is 0 Å². The maximum atomic E-state index is 12.0. The van der Waals surface area contributed by atoms with Crippen LogP contribution < -0.4 is 5.32 Å². The first-order valence-corrected chi connectivity index (χ1v) is 8.03. The molecule has 21 heavy (non-hydrogen) atoms. The highest BCUT2D eigenvalue weighted by Crippen LogP contribution is 2.24. The van der Waals surface area contributed by atoms with E-state index < -0.39 is 27.5 Å². The van der Waals surface area contributed by atoms with Crippen LogP contribution in [0.4, 0.5) is 13.2 Å². The third-order valence-corrected chi connectivity index (χ3v) is 3.86. The Morgan fingerprint density at radius 1 is 1.24 bits per heavy atom. The molecule has 1 N–H and O–H groups in total. The van der Waals surface area contributed by atoms with Gasteiger partial charge in [0.2, 0.25) is 0 Å². The van der Waals surface area contributed by atoms with Crippen LogP contribution in [0.1, 0.15) is 5.56 Å². The molecule has 120 valence electrons. The highest BCUT2D eigenvalue weighted by molar-refractivity contribution is 7.87. The summed E-state index contributed by atoms with van der Waals surface area (Å²) in [5.41, 5.74) is -4.28. The van der Waals surface area contributed by atoms with Gasteiger partial charge in [0.15, 0.2) is 0 Å². The SMILES string of the molecule is O=S(=O)(OC[C@@H](S)CNCCc1ccccc1)C(F)(F)F. The highest BCUT2D eigenvalue weighted by atomic mass is 32.2. The Hall–Kier alpha value is -0.770. The Labute approximate surface area is 127 Å². The predicted octanol–water partition coefficient (Wildman–Crippen LogP) is 1.98. The maximum absolute atomic E-state index is 12.0.